The van der Waals surface area contributed by atoms with Crippen LogP contribution < -0.4 is 15.1 Å². The number of anilines is 3. The van der Waals surface area contributed by atoms with Crippen molar-refractivity contribution in [2.24, 2.45) is 0 Å². The highest BCUT2D eigenvalue weighted by molar-refractivity contribution is 5.50. The van der Waals surface area contributed by atoms with E-state index >= 15 is 0 Å². The molecule has 0 radical (unpaired) electrons. The van der Waals surface area contributed by atoms with Gasteiger partial charge in [0.1, 0.15) is 11.6 Å². The lowest BCUT2D eigenvalue weighted by molar-refractivity contribution is 0.612. The first kappa shape index (κ1) is 17.3. The Balaban J connectivity index is 1.37. The van der Waals surface area contributed by atoms with Gasteiger partial charge in [0.2, 0.25) is 5.95 Å². The lowest BCUT2D eigenvalue weighted by Crippen LogP contribution is -2.46. The maximum Gasteiger partial charge on any atom is 0.224 e. The van der Waals surface area contributed by atoms with Gasteiger partial charge in [-0.25, -0.2) is 9.37 Å². The molecule has 5 nitrogen and oxygen atoms in total. The molecule has 0 amide bonds. The van der Waals surface area contributed by atoms with Crippen molar-refractivity contribution in [1.82, 2.24) is 9.97 Å². The third-order valence-electron chi connectivity index (χ3n) is 4.76. The predicted octanol–water partition coefficient (Wildman–Crippen LogP) is 3.55. The van der Waals surface area contributed by atoms with Gasteiger partial charge in [-0.3, -0.25) is 0 Å². The summed E-state index contributed by atoms with van der Waals surface area (Å²) in [5.74, 6) is 1.19. The number of nitrogens with one attached hydrogen (secondary N) is 1. The molecule has 1 aromatic heterocycles. The molecule has 0 saturated carbocycles. The van der Waals surface area contributed by atoms with E-state index in [9.17, 15) is 4.39 Å². The smallest absolute Gasteiger partial charge is 0.224 e. The van der Waals surface area contributed by atoms with Crippen LogP contribution in [0.15, 0.2) is 66.9 Å². The summed E-state index contributed by atoms with van der Waals surface area (Å²) in [5.41, 5.74) is 1.86. The van der Waals surface area contributed by atoms with E-state index in [1.165, 1.54) is 11.8 Å². The average Bonchev–Trinajstić information content (AvgIpc) is 2.74. The number of nitrogens with zero attached hydrogens (tertiary/aromatic N) is 4. The molecular formula is C21H22FN5. The molecular weight excluding hydrogens is 341 g/mol. The Kier molecular flexibility index (Phi) is 5.14. The Hall–Kier alpha value is -3.15. The van der Waals surface area contributed by atoms with Crippen LogP contribution in [-0.2, 0) is 6.54 Å². The van der Waals surface area contributed by atoms with E-state index in [2.05, 4.69) is 49.4 Å². The van der Waals surface area contributed by atoms with Gasteiger partial charge < -0.3 is 15.1 Å². The van der Waals surface area contributed by atoms with E-state index in [1.54, 1.807) is 18.3 Å². The van der Waals surface area contributed by atoms with Crippen molar-refractivity contribution >= 4 is 17.5 Å². The number of rotatable bonds is 5. The van der Waals surface area contributed by atoms with E-state index in [-0.39, 0.29) is 5.82 Å². The molecule has 4 rings (SSSR count). The van der Waals surface area contributed by atoms with Crippen molar-refractivity contribution in [3.63, 3.8) is 0 Å². The Labute approximate surface area is 158 Å². The van der Waals surface area contributed by atoms with Gasteiger partial charge in [0.15, 0.2) is 0 Å². The maximum absolute atomic E-state index is 13.7. The van der Waals surface area contributed by atoms with Crippen LogP contribution in [0.3, 0.4) is 0 Å². The molecule has 1 N–H and O–H groups in total. The van der Waals surface area contributed by atoms with Gasteiger partial charge in [-0.05, 0) is 24.3 Å². The van der Waals surface area contributed by atoms with Crippen molar-refractivity contribution in [3.05, 3.63) is 78.2 Å². The van der Waals surface area contributed by atoms with Crippen molar-refractivity contribution < 1.29 is 4.39 Å². The van der Waals surface area contributed by atoms with E-state index in [1.807, 2.05) is 18.2 Å². The first-order valence-corrected chi connectivity index (χ1v) is 9.15. The number of para-hydroxylation sites is 1. The van der Waals surface area contributed by atoms with Gasteiger partial charge in [-0.2, -0.15) is 4.98 Å². The van der Waals surface area contributed by atoms with Gasteiger partial charge in [-0.1, -0.05) is 36.4 Å². The minimum absolute atomic E-state index is 0.224. The Bertz CT molecular complexity index is 879. The molecule has 27 heavy (non-hydrogen) atoms. The molecule has 1 aliphatic heterocycles. The van der Waals surface area contributed by atoms with E-state index in [0.717, 1.165) is 32.0 Å². The summed E-state index contributed by atoms with van der Waals surface area (Å²) in [6.45, 7) is 4.06. The third-order valence-corrected chi connectivity index (χ3v) is 4.76. The molecule has 2 aromatic carbocycles. The number of aromatic nitrogens is 2. The molecule has 6 heteroatoms. The predicted molar refractivity (Wildman–Crippen MR) is 107 cm³/mol. The lowest BCUT2D eigenvalue weighted by Gasteiger charge is -2.36. The highest BCUT2D eigenvalue weighted by atomic mass is 19.1. The molecule has 1 fully saturated rings. The summed E-state index contributed by atoms with van der Waals surface area (Å²) in [5, 5.41) is 3.12. The summed E-state index contributed by atoms with van der Waals surface area (Å²) < 4.78 is 13.7. The van der Waals surface area contributed by atoms with Gasteiger partial charge in [0.05, 0.1) is 0 Å². The van der Waals surface area contributed by atoms with Crippen LogP contribution in [0, 0.1) is 5.82 Å². The van der Waals surface area contributed by atoms with Crippen LogP contribution in [0.25, 0.3) is 0 Å². The van der Waals surface area contributed by atoms with E-state index < -0.39 is 0 Å². The standard InChI is InChI=1S/C21H22FN5/c22-19-9-5-4-6-17(19)16-24-21-23-11-10-20(25-21)27-14-12-26(13-15-27)18-7-2-1-3-8-18/h1-11H,12-16H2,(H,23,24,25). The van der Waals surface area contributed by atoms with Crippen LogP contribution in [0.2, 0.25) is 0 Å². The molecule has 2 heterocycles. The highest BCUT2D eigenvalue weighted by Crippen LogP contribution is 2.19. The number of piperazine rings is 1. The zero-order valence-electron chi connectivity index (χ0n) is 15.1. The van der Waals surface area contributed by atoms with Crippen molar-refractivity contribution in [1.29, 1.82) is 0 Å². The Morgan fingerprint density at radius 3 is 2.33 bits per heavy atom. The summed E-state index contributed by atoms with van der Waals surface area (Å²) in [6, 6.07) is 19.1. The monoisotopic (exact) mass is 363 g/mol. The second kappa shape index (κ2) is 8.03. The second-order valence-electron chi connectivity index (χ2n) is 6.49. The fraction of sp³-hybridized carbons (Fsp3) is 0.238. The second-order valence-corrected chi connectivity index (χ2v) is 6.49. The number of hydrogen-bond donors (Lipinski definition) is 1. The number of hydrogen-bond acceptors (Lipinski definition) is 5. The van der Waals surface area contributed by atoms with Gasteiger partial charge in [0, 0.05) is 50.2 Å². The zero-order valence-corrected chi connectivity index (χ0v) is 15.1. The lowest BCUT2D eigenvalue weighted by atomic mass is 10.2. The minimum atomic E-state index is -0.224. The van der Waals surface area contributed by atoms with Gasteiger partial charge in [-0.15, -0.1) is 0 Å². The zero-order chi connectivity index (χ0) is 18.5. The van der Waals surface area contributed by atoms with Crippen LogP contribution in [-0.4, -0.2) is 36.1 Å². The summed E-state index contributed by atoms with van der Waals surface area (Å²) in [4.78, 5) is 13.5. The van der Waals surface area contributed by atoms with Gasteiger partial charge in [0.25, 0.3) is 0 Å². The summed E-state index contributed by atoms with van der Waals surface area (Å²) in [7, 11) is 0. The third kappa shape index (κ3) is 4.16. The van der Waals surface area contributed by atoms with Crippen molar-refractivity contribution in [3.8, 4) is 0 Å². The summed E-state index contributed by atoms with van der Waals surface area (Å²) in [6.07, 6.45) is 1.75. The average molecular weight is 363 g/mol. The van der Waals surface area contributed by atoms with Crippen molar-refractivity contribution in [2.75, 3.05) is 41.3 Å². The topological polar surface area (TPSA) is 44.3 Å². The molecule has 0 bridgehead atoms. The number of benzene rings is 2. The van der Waals surface area contributed by atoms with Crippen LogP contribution in [0.4, 0.5) is 21.8 Å². The minimum Gasteiger partial charge on any atom is -0.368 e. The molecule has 138 valence electrons. The molecule has 1 saturated heterocycles. The first-order valence-electron chi connectivity index (χ1n) is 9.15. The van der Waals surface area contributed by atoms with Crippen LogP contribution in [0.1, 0.15) is 5.56 Å². The number of halogens is 1. The Morgan fingerprint density at radius 1 is 0.852 bits per heavy atom. The fourth-order valence-corrected chi connectivity index (χ4v) is 3.26. The molecule has 0 aliphatic carbocycles. The molecule has 3 aromatic rings. The van der Waals surface area contributed by atoms with Crippen LogP contribution >= 0.6 is 0 Å². The first-order chi connectivity index (χ1) is 13.3. The largest absolute Gasteiger partial charge is 0.368 e. The molecule has 1 aliphatic rings. The van der Waals surface area contributed by atoms with Crippen molar-refractivity contribution in [2.45, 2.75) is 6.54 Å². The molecule has 0 unspecified atom stereocenters. The molecule has 0 atom stereocenters. The highest BCUT2D eigenvalue weighted by Gasteiger charge is 2.18. The normalized spacial score (nSPS) is 14.3. The molecule has 0 spiro atoms. The van der Waals surface area contributed by atoms with E-state index in [0.29, 0.717) is 18.1 Å². The van der Waals surface area contributed by atoms with Crippen LogP contribution in [0.5, 0.6) is 0 Å². The van der Waals surface area contributed by atoms with E-state index in [4.69, 9.17) is 0 Å². The Morgan fingerprint density at radius 2 is 1.56 bits per heavy atom. The van der Waals surface area contributed by atoms with Gasteiger partial charge >= 0.3 is 0 Å². The quantitative estimate of drug-likeness (QED) is 0.751. The maximum atomic E-state index is 13.7. The fourth-order valence-electron chi connectivity index (χ4n) is 3.26. The SMILES string of the molecule is Fc1ccccc1CNc1nccc(N2CCN(c3ccccc3)CC2)n1. The summed E-state index contributed by atoms with van der Waals surface area (Å²) >= 11 is 0.